The zero-order valence-corrected chi connectivity index (χ0v) is 13.8. The van der Waals surface area contributed by atoms with Crippen LogP contribution in [0.5, 0.6) is 0 Å². The van der Waals surface area contributed by atoms with Crippen LogP contribution in [0.25, 0.3) is 0 Å². The van der Waals surface area contributed by atoms with E-state index in [1.165, 1.54) is 6.42 Å². The smallest absolute Gasteiger partial charge is 0.322 e. The van der Waals surface area contributed by atoms with Crippen molar-refractivity contribution in [2.45, 2.75) is 75.8 Å². The summed E-state index contributed by atoms with van der Waals surface area (Å²) in [5, 5.41) is 11.0. The molecule has 8 nitrogen and oxygen atoms in total. The van der Waals surface area contributed by atoms with Crippen molar-refractivity contribution in [2.75, 3.05) is 6.54 Å². The van der Waals surface area contributed by atoms with E-state index >= 15 is 0 Å². The maximum atomic E-state index is 11.7. The zero-order valence-electron chi connectivity index (χ0n) is 13.8. The van der Waals surface area contributed by atoms with Crippen LogP contribution in [0, 0.1) is 5.92 Å². The Hall–Kier alpha value is -1.22. The summed E-state index contributed by atoms with van der Waals surface area (Å²) in [7, 11) is 0. The lowest BCUT2D eigenvalue weighted by Gasteiger charge is -2.46. The number of amides is 1. The Bertz CT molecular complexity index is 455. The maximum Gasteiger partial charge on any atom is 0.322 e. The molecule has 0 aromatic heterocycles. The number of carbonyl (C=O) groups is 2. The molecule has 1 saturated heterocycles. The number of nitrogens with one attached hydrogen (secondary N) is 1. The predicted molar refractivity (Wildman–Crippen MR) is 80.1 cm³/mol. The molecule has 1 amide bonds. The summed E-state index contributed by atoms with van der Waals surface area (Å²) < 4.78 is 0. The summed E-state index contributed by atoms with van der Waals surface area (Å²) in [6.45, 7) is -0.342. The van der Waals surface area contributed by atoms with Crippen molar-refractivity contribution >= 4 is 11.9 Å². The van der Waals surface area contributed by atoms with Gasteiger partial charge < -0.3 is 10.4 Å². The van der Waals surface area contributed by atoms with Gasteiger partial charge in [-0.3, -0.25) is 9.59 Å². The van der Waals surface area contributed by atoms with Gasteiger partial charge >= 0.3 is 5.97 Å². The largest absolute Gasteiger partial charge is 0.480 e. The van der Waals surface area contributed by atoms with Crippen LogP contribution in [0.4, 0.5) is 0 Å². The highest BCUT2D eigenvalue weighted by Crippen LogP contribution is 2.45. The molecule has 2 N–H and O–H groups in total. The van der Waals surface area contributed by atoms with Crippen molar-refractivity contribution in [1.82, 2.24) is 5.32 Å². The van der Waals surface area contributed by atoms with Crippen molar-refractivity contribution in [3.05, 3.63) is 0 Å². The van der Waals surface area contributed by atoms with Gasteiger partial charge in [0.15, 0.2) is 0 Å². The molecule has 2 aliphatic carbocycles. The van der Waals surface area contributed by atoms with E-state index in [1.54, 1.807) is 0 Å². The number of hydrogen-bond donors (Lipinski definition) is 2. The van der Waals surface area contributed by atoms with E-state index in [4.69, 9.17) is 24.7 Å². The minimum Gasteiger partial charge on any atom is -0.480 e. The first-order valence-electron chi connectivity index (χ1n) is 8.73. The fraction of sp³-hybridized carbons (Fsp3) is 0.875. The van der Waals surface area contributed by atoms with E-state index < -0.39 is 17.5 Å². The first-order valence-corrected chi connectivity index (χ1v) is 8.73. The molecule has 0 aromatic rings. The van der Waals surface area contributed by atoms with Crippen LogP contribution in [-0.2, 0) is 29.1 Å². The second kappa shape index (κ2) is 7.35. The van der Waals surface area contributed by atoms with Crippen LogP contribution >= 0.6 is 0 Å². The van der Waals surface area contributed by atoms with Gasteiger partial charge in [0.05, 0.1) is 0 Å². The van der Waals surface area contributed by atoms with Gasteiger partial charge in [0.1, 0.15) is 6.54 Å². The van der Waals surface area contributed by atoms with E-state index in [-0.39, 0.29) is 18.4 Å². The van der Waals surface area contributed by atoms with Crippen LogP contribution < -0.4 is 5.32 Å². The third-order valence-corrected chi connectivity index (χ3v) is 5.08. The topological polar surface area (TPSA) is 103 Å². The molecule has 0 radical (unpaired) electrons. The average Bonchev–Trinajstić information content (AvgIpc) is 2.59. The van der Waals surface area contributed by atoms with Gasteiger partial charge in [-0.2, -0.15) is 19.6 Å². The number of carbonyl (C=O) groups excluding carboxylic acids is 1. The third kappa shape index (κ3) is 4.24. The first-order chi connectivity index (χ1) is 11.5. The quantitative estimate of drug-likeness (QED) is 0.753. The summed E-state index contributed by atoms with van der Waals surface area (Å²) in [5.41, 5.74) is 0. The molecule has 2 saturated carbocycles. The van der Waals surface area contributed by atoms with E-state index in [1.807, 2.05) is 0 Å². The number of carboxylic acid groups (broad SMARTS) is 1. The van der Waals surface area contributed by atoms with Crippen molar-refractivity contribution in [3.63, 3.8) is 0 Å². The molecule has 1 heterocycles. The Morgan fingerprint density at radius 1 is 0.917 bits per heavy atom. The highest BCUT2D eigenvalue weighted by molar-refractivity contribution is 5.81. The van der Waals surface area contributed by atoms with E-state index in [0.717, 1.165) is 38.5 Å². The Kier molecular flexibility index (Phi) is 5.39. The molecule has 136 valence electrons. The number of aliphatic carboxylic acids is 1. The molecule has 8 heteroatoms. The molecule has 3 aliphatic rings. The monoisotopic (exact) mass is 343 g/mol. The van der Waals surface area contributed by atoms with Crippen LogP contribution in [0.2, 0.25) is 0 Å². The lowest BCUT2D eigenvalue weighted by atomic mass is 9.83. The second-order valence-corrected chi connectivity index (χ2v) is 7.03. The number of carboxylic acids is 1. The zero-order chi connectivity index (χ0) is 17.0. The van der Waals surface area contributed by atoms with Crippen molar-refractivity contribution in [1.29, 1.82) is 0 Å². The summed E-state index contributed by atoms with van der Waals surface area (Å²) in [5.74, 6) is -2.73. The van der Waals surface area contributed by atoms with Gasteiger partial charge in [-0.25, -0.2) is 0 Å². The van der Waals surface area contributed by atoms with Crippen molar-refractivity contribution < 1.29 is 34.2 Å². The second-order valence-electron chi connectivity index (χ2n) is 7.03. The molecule has 1 aliphatic heterocycles. The van der Waals surface area contributed by atoms with Crippen LogP contribution in [0.1, 0.15) is 64.2 Å². The normalized spacial score (nSPS) is 26.3. The molecule has 0 bridgehead atoms. The number of rotatable bonds is 4. The van der Waals surface area contributed by atoms with Gasteiger partial charge in [0.2, 0.25) is 17.5 Å². The van der Waals surface area contributed by atoms with Gasteiger partial charge in [-0.15, -0.1) is 0 Å². The van der Waals surface area contributed by atoms with Crippen LogP contribution in [-0.4, -0.2) is 35.1 Å². The van der Waals surface area contributed by atoms with Crippen LogP contribution in [0.15, 0.2) is 0 Å². The SMILES string of the molecule is O=C(O)CNC(=O)CC1CCC2(CC1)OOC1(CCCCC1)OO2. The highest BCUT2D eigenvalue weighted by Gasteiger charge is 2.50. The summed E-state index contributed by atoms with van der Waals surface area (Å²) in [6, 6.07) is 0. The van der Waals surface area contributed by atoms with Crippen molar-refractivity contribution in [3.8, 4) is 0 Å². The minimum atomic E-state index is -1.04. The third-order valence-electron chi connectivity index (χ3n) is 5.08. The van der Waals surface area contributed by atoms with Crippen LogP contribution in [0.3, 0.4) is 0 Å². The van der Waals surface area contributed by atoms with E-state index in [9.17, 15) is 9.59 Å². The Morgan fingerprint density at radius 2 is 1.46 bits per heavy atom. The maximum absolute atomic E-state index is 11.7. The fourth-order valence-electron chi connectivity index (χ4n) is 3.59. The Morgan fingerprint density at radius 3 is 2.00 bits per heavy atom. The van der Waals surface area contributed by atoms with E-state index in [2.05, 4.69) is 5.32 Å². The van der Waals surface area contributed by atoms with E-state index in [0.29, 0.717) is 19.3 Å². The number of hydrogen-bond acceptors (Lipinski definition) is 6. The summed E-state index contributed by atoms with van der Waals surface area (Å²) in [6.07, 6.45) is 7.74. The summed E-state index contributed by atoms with van der Waals surface area (Å²) in [4.78, 5) is 44.5. The van der Waals surface area contributed by atoms with Gasteiger partial charge in [-0.05, 0) is 31.6 Å². The first kappa shape index (κ1) is 17.6. The Labute approximate surface area is 140 Å². The lowest BCUT2D eigenvalue weighted by molar-refractivity contribution is -0.663. The summed E-state index contributed by atoms with van der Waals surface area (Å²) >= 11 is 0. The van der Waals surface area contributed by atoms with Gasteiger partial charge in [0.25, 0.3) is 0 Å². The Balaban J connectivity index is 1.42. The standard InChI is InChI=1S/C16H25NO7/c18-13(17-11-14(19)20)10-12-4-8-16(9-5-12)23-21-15(22-24-16)6-2-1-3-7-15/h12H,1-11H2,(H,17,18)(H,19,20). The average molecular weight is 343 g/mol. The minimum absolute atomic E-state index is 0.183. The van der Waals surface area contributed by atoms with Crippen molar-refractivity contribution in [2.24, 2.45) is 5.92 Å². The lowest BCUT2D eigenvalue weighted by Crippen LogP contribution is -2.52. The molecule has 3 rings (SSSR count). The molecule has 3 fully saturated rings. The molecular formula is C16H25NO7. The molecule has 0 unspecified atom stereocenters. The molecular weight excluding hydrogens is 318 g/mol. The van der Waals surface area contributed by atoms with Gasteiger partial charge in [0, 0.05) is 32.1 Å². The fourth-order valence-corrected chi connectivity index (χ4v) is 3.59. The highest BCUT2D eigenvalue weighted by atomic mass is 17.4. The predicted octanol–water partition coefficient (Wildman–Crippen LogP) is 2.03. The molecule has 0 aromatic carbocycles. The molecule has 2 spiro atoms. The van der Waals surface area contributed by atoms with Gasteiger partial charge in [-0.1, -0.05) is 6.42 Å². The molecule has 0 atom stereocenters. The molecule has 24 heavy (non-hydrogen) atoms.